The van der Waals surface area contributed by atoms with Crippen molar-refractivity contribution in [3.63, 3.8) is 0 Å². The Balaban J connectivity index is 1.42. The van der Waals surface area contributed by atoms with Crippen LogP contribution in [0.25, 0.3) is 0 Å². The molecule has 0 bridgehead atoms. The molecule has 0 aliphatic carbocycles. The number of nitrogens with zero attached hydrogens (tertiary/aromatic N) is 5. The van der Waals surface area contributed by atoms with E-state index in [1.807, 2.05) is 12.1 Å². The van der Waals surface area contributed by atoms with Crippen LogP contribution in [0.15, 0.2) is 40.7 Å². The third-order valence-electron chi connectivity index (χ3n) is 5.69. The number of aliphatic carboxylic acids is 1. The van der Waals surface area contributed by atoms with Crippen LogP contribution in [0.4, 0.5) is 0 Å². The van der Waals surface area contributed by atoms with Gasteiger partial charge in [0.05, 0.1) is 18.7 Å². The normalized spacial score (nSPS) is 19.4. The van der Waals surface area contributed by atoms with Gasteiger partial charge in [0.15, 0.2) is 0 Å². The van der Waals surface area contributed by atoms with Crippen LogP contribution >= 0.6 is 23.5 Å². The third kappa shape index (κ3) is 6.12. The summed E-state index contributed by atoms with van der Waals surface area (Å²) in [5.41, 5.74) is 7.61. The fourth-order valence-corrected chi connectivity index (χ4v) is 6.71. The molecule has 37 heavy (non-hydrogen) atoms. The summed E-state index contributed by atoms with van der Waals surface area (Å²) in [4.78, 5) is 38.8. The standard InChI is InChI=1S/C20H23N7O7S3/c21-8-12-4-2-1-3-11(12)7-14(28)22-15-17(29)27-16(19(30)31)13(9-35-18(15)27)10-36-20-23-24-25-26(20)5-6-37(32,33)34/h1-4,15,18H,5-10,21H2,(H,22,28)(H,30,31)(H,32,33,34). The van der Waals surface area contributed by atoms with Crippen molar-refractivity contribution in [2.45, 2.75) is 36.1 Å². The van der Waals surface area contributed by atoms with Crippen LogP contribution in [0.2, 0.25) is 0 Å². The molecule has 2 aliphatic rings. The lowest BCUT2D eigenvalue weighted by molar-refractivity contribution is -0.150. The van der Waals surface area contributed by atoms with E-state index < -0.39 is 39.2 Å². The minimum atomic E-state index is -4.22. The monoisotopic (exact) mass is 569 g/mol. The van der Waals surface area contributed by atoms with Gasteiger partial charge < -0.3 is 16.2 Å². The highest BCUT2D eigenvalue weighted by atomic mass is 32.2. The number of benzene rings is 1. The largest absolute Gasteiger partial charge is 0.477 e. The van der Waals surface area contributed by atoms with Crippen molar-refractivity contribution < 1.29 is 32.5 Å². The number of hydrogen-bond acceptors (Lipinski definition) is 11. The number of nitrogens with two attached hydrogens (primary N) is 1. The van der Waals surface area contributed by atoms with E-state index in [0.29, 0.717) is 5.57 Å². The number of thioether (sulfide) groups is 2. The molecule has 2 unspecified atom stereocenters. The number of carboxylic acid groups (broad SMARTS) is 1. The maximum Gasteiger partial charge on any atom is 0.352 e. The van der Waals surface area contributed by atoms with Gasteiger partial charge in [-0.15, -0.1) is 16.9 Å². The molecule has 198 valence electrons. The van der Waals surface area contributed by atoms with Crippen LogP contribution in [-0.2, 0) is 44.0 Å². The van der Waals surface area contributed by atoms with Crippen LogP contribution in [0.1, 0.15) is 11.1 Å². The van der Waals surface area contributed by atoms with Gasteiger partial charge in [-0.3, -0.25) is 19.0 Å². The minimum Gasteiger partial charge on any atom is -0.477 e. The Morgan fingerprint density at radius 3 is 2.68 bits per heavy atom. The second-order valence-electron chi connectivity index (χ2n) is 8.12. The van der Waals surface area contributed by atoms with E-state index in [0.717, 1.165) is 22.9 Å². The fourth-order valence-electron chi connectivity index (χ4n) is 3.91. The molecule has 1 aromatic heterocycles. The van der Waals surface area contributed by atoms with Gasteiger partial charge in [0.2, 0.25) is 11.1 Å². The average Bonchev–Trinajstić information content (AvgIpc) is 3.31. The topological polar surface area (TPSA) is 211 Å². The predicted molar refractivity (Wildman–Crippen MR) is 133 cm³/mol. The number of β-lactam (4-membered cyclic amide) rings is 1. The van der Waals surface area contributed by atoms with Crippen LogP contribution in [0.3, 0.4) is 0 Å². The Labute approximate surface area is 219 Å². The fraction of sp³-hybridized carbons (Fsp3) is 0.400. The first-order chi connectivity index (χ1) is 17.6. The molecule has 2 aliphatic heterocycles. The molecule has 4 rings (SSSR count). The Kier molecular flexibility index (Phi) is 8.17. The average molecular weight is 570 g/mol. The molecule has 0 radical (unpaired) electrons. The van der Waals surface area contributed by atoms with E-state index in [4.69, 9.17) is 10.3 Å². The van der Waals surface area contributed by atoms with Gasteiger partial charge in [-0.1, -0.05) is 36.0 Å². The molecular formula is C20H23N7O7S3. The molecule has 2 aromatic rings. The third-order valence-corrected chi connectivity index (χ3v) is 8.77. The maximum atomic E-state index is 12.9. The SMILES string of the molecule is NCc1ccccc1CC(=O)NC1C(=O)N2C(C(=O)O)=C(CSc3nnnn3CCS(=O)(=O)O)CSC12. The summed E-state index contributed by atoms with van der Waals surface area (Å²) in [5.74, 6) is -2.32. The summed E-state index contributed by atoms with van der Waals surface area (Å²) in [6.07, 6.45) is 0.0460. The highest BCUT2D eigenvalue weighted by Crippen LogP contribution is 2.41. The number of fused-ring (bicyclic) bond motifs is 1. The number of carbonyl (C=O) groups excluding carboxylic acids is 2. The van der Waals surface area contributed by atoms with Crippen LogP contribution in [0, 0.1) is 0 Å². The summed E-state index contributed by atoms with van der Waals surface area (Å²) >= 11 is 2.40. The van der Waals surface area contributed by atoms with Crippen molar-refractivity contribution in [2.75, 3.05) is 17.3 Å². The first-order valence-electron chi connectivity index (χ1n) is 10.9. The molecule has 1 aromatic carbocycles. The lowest BCUT2D eigenvalue weighted by Gasteiger charge is -2.49. The molecule has 0 saturated carbocycles. The van der Waals surface area contributed by atoms with Crippen molar-refractivity contribution in [1.82, 2.24) is 30.4 Å². The molecular weight excluding hydrogens is 546 g/mol. The number of nitrogens with one attached hydrogen (secondary N) is 1. The van der Waals surface area contributed by atoms with Crippen molar-refractivity contribution in [1.29, 1.82) is 0 Å². The molecule has 2 atom stereocenters. The summed E-state index contributed by atoms with van der Waals surface area (Å²) in [7, 11) is -4.22. The quantitative estimate of drug-likeness (QED) is 0.147. The molecule has 1 fully saturated rings. The number of amides is 2. The highest BCUT2D eigenvalue weighted by molar-refractivity contribution is 8.01. The van der Waals surface area contributed by atoms with E-state index in [9.17, 15) is 27.9 Å². The Morgan fingerprint density at radius 2 is 2.00 bits per heavy atom. The first kappa shape index (κ1) is 27.1. The lowest BCUT2D eigenvalue weighted by Crippen LogP contribution is -2.70. The second-order valence-corrected chi connectivity index (χ2v) is 11.7. The Hall–Kier alpha value is -2.99. The zero-order chi connectivity index (χ0) is 26.7. The molecule has 2 amide bonds. The van der Waals surface area contributed by atoms with Gasteiger partial charge in [-0.05, 0) is 27.1 Å². The molecule has 0 spiro atoms. The molecule has 3 heterocycles. The Morgan fingerprint density at radius 1 is 1.27 bits per heavy atom. The summed E-state index contributed by atoms with van der Waals surface area (Å²) in [5, 5.41) is 23.2. The van der Waals surface area contributed by atoms with E-state index in [1.165, 1.54) is 21.3 Å². The van der Waals surface area contributed by atoms with E-state index in [-0.39, 0.29) is 47.8 Å². The molecule has 1 saturated heterocycles. The maximum absolute atomic E-state index is 12.9. The van der Waals surface area contributed by atoms with Crippen molar-refractivity contribution in [2.24, 2.45) is 5.73 Å². The highest BCUT2D eigenvalue weighted by Gasteiger charge is 2.54. The zero-order valence-electron chi connectivity index (χ0n) is 19.2. The Bertz CT molecular complexity index is 1360. The number of aromatic nitrogens is 4. The van der Waals surface area contributed by atoms with Crippen molar-refractivity contribution in [3.05, 3.63) is 46.7 Å². The number of rotatable bonds is 11. The summed E-state index contributed by atoms with van der Waals surface area (Å²) in [6, 6.07) is 6.39. The molecule has 17 heteroatoms. The van der Waals surface area contributed by atoms with Gasteiger partial charge in [0.25, 0.3) is 16.0 Å². The van der Waals surface area contributed by atoms with Gasteiger partial charge in [0.1, 0.15) is 17.1 Å². The zero-order valence-corrected chi connectivity index (χ0v) is 21.6. The summed E-state index contributed by atoms with van der Waals surface area (Å²) < 4.78 is 32.1. The van der Waals surface area contributed by atoms with E-state index in [1.54, 1.807) is 12.1 Å². The molecule has 14 nitrogen and oxygen atoms in total. The smallest absolute Gasteiger partial charge is 0.352 e. The number of carbonyl (C=O) groups is 3. The summed E-state index contributed by atoms with van der Waals surface area (Å²) in [6.45, 7) is 0.0934. The van der Waals surface area contributed by atoms with Crippen LogP contribution < -0.4 is 11.1 Å². The van der Waals surface area contributed by atoms with Crippen LogP contribution in [0.5, 0.6) is 0 Å². The van der Waals surface area contributed by atoms with E-state index in [2.05, 4.69) is 20.8 Å². The lowest BCUT2D eigenvalue weighted by atomic mass is 10.0. The number of carboxylic acids is 1. The van der Waals surface area contributed by atoms with E-state index >= 15 is 0 Å². The number of tetrazole rings is 1. The van der Waals surface area contributed by atoms with Crippen molar-refractivity contribution >= 4 is 51.4 Å². The van der Waals surface area contributed by atoms with Gasteiger partial charge in [-0.25, -0.2) is 9.48 Å². The van der Waals surface area contributed by atoms with Gasteiger partial charge in [0, 0.05) is 18.1 Å². The van der Waals surface area contributed by atoms with Gasteiger partial charge >= 0.3 is 5.97 Å². The number of aryl methyl sites for hydroxylation is 1. The first-order valence-corrected chi connectivity index (χ1v) is 14.5. The van der Waals surface area contributed by atoms with Gasteiger partial charge in [-0.2, -0.15) is 8.42 Å². The van der Waals surface area contributed by atoms with Crippen molar-refractivity contribution in [3.8, 4) is 0 Å². The number of hydrogen-bond donors (Lipinski definition) is 4. The van der Waals surface area contributed by atoms with Crippen LogP contribution in [-0.4, -0.2) is 89.6 Å². The predicted octanol–water partition coefficient (Wildman–Crippen LogP) is -0.907. The molecule has 5 N–H and O–H groups in total. The minimum absolute atomic E-state index is 0.0460. The second kappa shape index (κ2) is 11.2.